The lowest BCUT2D eigenvalue weighted by Gasteiger charge is -2.37. The molecule has 118 valence electrons. The predicted octanol–water partition coefficient (Wildman–Crippen LogP) is 3.88. The first-order valence-corrected chi connectivity index (χ1v) is 9.69. The molecule has 0 aromatic rings. The van der Waals surface area contributed by atoms with Gasteiger partial charge in [-0.2, -0.15) is 0 Å². The molecular weight excluding hydrogens is 279 g/mol. The Hall–Kier alpha value is -0.593. The minimum atomic E-state index is -3.10. The normalized spacial score (nSPS) is 23.1. The van der Waals surface area contributed by atoms with Crippen molar-refractivity contribution >= 4 is 8.65 Å². The standard InChI is InChI=1S/C14H27FO4Si/c1-5-16-13-9-10-14(17-6-2,18-11-13)12-19-20(15,7-3)8-4/h11H,5-10,12H2,1-4H3. The fourth-order valence-electron chi connectivity index (χ4n) is 2.11. The average Bonchev–Trinajstić information content (AvgIpc) is 2.48. The minimum Gasteiger partial charge on any atom is -0.495 e. The van der Waals surface area contributed by atoms with Crippen molar-refractivity contribution in [2.75, 3.05) is 19.8 Å². The lowest BCUT2D eigenvalue weighted by Crippen LogP contribution is -2.46. The summed E-state index contributed by atoms with van der Waals surface area (Å²) in [5.74, 6) is -0.0677. The van der Waals surface area contributed by atoms with Gasteiger partial charge in [0.25, 0.3) is 0 Å². The highest BCUT2D eigenvalue weighted by Crippen LogP contribution is 2.31. The molecule has 1 unspecified atom stereocenters. The third-order valence-corrected chi connectivity index (χ3v) is 6.27. The molecule has 6 heteroatoms. The van der Waals surface area contributed by atoms with Crippen molar-refractivity contribution in [3.8, 4) is 0 Å². The zero-order valence-electron chi connectivity index (χ0n) is 13.0. The van der Waals surface area contributed by atoms with Crippen LogP contribution in [0.2, 0.25) is 12.1 Å². The predicted molar refractivity (Wildman–Crippen MR) is 78.2 cm³/mol. The molecule has 1 aliphatic rings. The summed E-state index contributed by atoms with van der Waals surface area (Å²) in [5.41, 5.74) is 0. The van der Waals surface area contributed by atoms with Gasteiger partial charge in [-0.15, -0.1) is 0 Å². The maximum Gasteiger partial charge on any atom is 0.383 e. The Labute approximate surface area is 122 Å². The molecule has 1 atom stereocenters. The second-order valence-corrected chi connectivity index (χ2v) is 8.33. The average molecular weight is 306 g/mol. The number of halogens is 1. The first kappa shape index (κ1) is 17.5. The van der Waals surface area contributed by atoms with Gasteiger partial charge in [0, 0.05) is 19.4 Å². The van der Waals surface area contributed by atoms with Crippen LogP contribution in [0.25, 0.3) is 0 Å². The molecule has 0 radical (unpaired) electrons. The van der Waals surface area contributed by atoms with E-state index in [1.54, 1.807) is 6.26 Å². The van der Waals surface area contributed by atoms with Gasteiger partial charge in [-0.05, 0) is 25.9 Å². The Kier molecular flexibility index (Phi) is 6.98. The van der Waals surface area contributed by atoms with E-state index in [0.717, 1.165) is 12.2 Å². The molecule has 0 aliphatic carbocycles. The molecule has 1 rings (SSSR count). The summed E-state index contributed by atoms with van der Waals surface area (Å²) < 4.78 is 36.7. The molecule has 0 N–H and O–H groups in total. The van der Waals surface area contributed by atoms with Gasteiger partial charge in [-0.1, -0.05) is 13.8 Å². The van der Waals surface area contributed by atoms with Crippen molar-refractivity contribution < 1.29 is 22.7 Å². The zero-order valence-corrected chi connectivity index (χ0v) is 14.0. The van der Waals surface area contributed by atoms with Crippen LogP contribution in [0.3, 0.4) is 0 Å². The van der Waals surface area contributed by atoms with Gasteiger partial charge in [-0.3, -0.25) is 4.11 Å². The number of hydrogen-bond acceptors (Lipinski definition) is 4. The van der Waals surface area contributed by atoms with E-state index in [1.807, 2.05) is 27.7 Å². The molecule has 0 spiro atoms. The highest BCUT2D eigenvalue weighted by Gasteiger charge is 2.41. The van der Waals surface area contributed by atoms with Gasteiger partial charge < -0.3 is 18.6 Å². The summed E-state index contributed by atoms with van der Waals surface area (Å²) in [7, 11) is -3.10. The zero-order chi connectivity index (χ0) is 15.1. The van der Waals surface area contributed by atoms with Crippen LogP contribution in [-0.2, 0) is 18.6 Å². The van der Waals surface area contributed by atoms with E-state index in [1.165, 1.54) is 0 Å². The summed E-state index contributed by atoms with van der Waals surface area (Å²) >= 11 is 0. The van der Waals surface area contributed by atoms with Gasteiger partial charge >= 0.3 is 8.65 Å². The summed E-state index contributed by atoms with van der Waals surface area (Å²) in [6.45, 7) is 8.74. The monoisotopic (exact) mass is 306 g/mol. The Balaban J connectivity index is 2.65. The molecule has 4 nitrogen and oxygen atoms in total. The summed E-state index contributed by atoms with van der Waals surface area (Å²) in [5, 5.41) is 0. The second-order valence-electron chi connectivity index (χ2n) is 4.86. The van der Waals surface area contributed by atoms with Crippen LogP contribution in [0, 0.1) is 0 Å². The molecule has 1 aliphatic heterocycles. The third-order valence-electron chi connectivity index (χ3n) is 3.50. The molecule has 1 heterocycles. The first-order chi connectivity index (χ1) is 9.53. The van der Waals surface area contributed by atoms with Gasteiger partial charge in [0.15, 0.2) is 0 Å². The van der Waals surface area contributed by atoms with Gasteiger partial charge in [0.05, 0.1) is 6.61 Å². The maximum absolute atomic E-state index is 14.4. The number of allylic oxidation sites excluding steroid dienone is 1. The topological polar surface area (TPSA) is 36.9 Å². The molecule has 0 saturated carbocycles. The van der Waals surface area contributed by atoms with Crippen molar-refractivity contribution in [3.05, 3.63) is 12.0 Å². The van der Waals surface area contributed by atoms with Crippen molar-refractivity contribution in [1.29, 1.82) is 0 Å². The van der Waals surface area contributed by atoms with E-state index < -0.39 is 14.4 Å². The van der Waals surface area contributed by atoms with Crippen LogP contribution in [-0.4, -0.2) is 34.3 Å². The molecule has 0 amide bonds. The molecule has 0 aromatic heterocycles. The Morgan fingerprint density at radius 1 is 1.25 bits per heavy atom. The highest BCUT2D eigenvalue weighted by atomic mass is 28.4. The van der Waals surface area contributed by atoms with Gasteiger partial charge in [-0.25, -0.2) is 0 Å². The van der Waals surface area contributed by atoms with Crippen molar-refractivity contribution in [1.82, 2.24) is 0 Å². The molecule has 0 fully saturated rings. The summed E-state index contributed by atoms with van der Waals surface area (Å²) in [6.07, 6.45) is 2.91. The van der Waals surface area contributed by atoms with E-state index in [2.05, 4.69) is 0 Å². The number of hydrogen-bond donors (Lipinski definition) is 0. The van der Waals surface area contributed by atoms with E-state index in [0.29, 0.717) is 31.7 Å². The fourth-order valence-corrected chi connectivity index (χ4v) is 3.49. The molecule has 0 aromatic carbocycles. The maximum atomic E-state index is 14.4. The molecule has 20 heavy (non-hydrogen) atoms. The molecular formula is C14H27FO4Si. The smallest absolute Gasteiger partial charge is 0.383 e. The Morgan fingerprint density at radius 3 is 2.40 bits per heavy atom. The van der Waals surface area contributed by atoms with Gasteiger partial charge in [0.2, 0.25) is 5.79 Å². The van der Waals surface area contributed by atoms with Gasteiger partial charge in [0.1, 0.15) is 18.6 Å². The lowest BCUT2D eigenvalue weighted by molar-refractivity contribution is -0.235. The lowest BCUT2D eigenvalue weighted by atomic mass is 10.1. The molecule has 0 saturated heterocycles. The number of ether oxygens (including phenoxy) is 3. The first-order valence-electron chi connectivity index (χ1n) is 7.49. The van der Waals surface area contributed by atoms with Crippen LogP contribution >= 0.6 is 0 Å². The Bertz CT molecular complexity index is 320. The largest absolute Gasteiger partial charge is 0.495 e. The van der Waals surface area contributed by atoms with Crippen LogP contribution in [0.1, 0.15) is 40.5 Å². The van der Waals surface area contributed by atoms with Crippen molar-refractivity contribution in [2.24, 2.45) is 0 Å². The van der Waals surface area contributed by atoms with E-state index >= 15 is 0 Å². The Morgan fingerprint density at radius 2 is 1.95 bits per heavy atom. The van der Waals surface area contributed by atoms with Crippen LogP contribution in [0.15, 0.2) is 12.0 Å². The molecule has 0 bridgehead atoms. The number of rotatable bonds is 9. The van der Waals surface area contributed by atoms with Crippen LogP contribution < -0.4 is 0 Å². The van der Waals surface area contributed by atoms with E-state index in [-0.39, 0.29) is 6.61 Å². The van der Waals surface area contributed by atoms with E-state index in [4.69, 9.17) is 18.6 Å². The SMILES string of the molecule is CCOC1=COC(CO[Si](F)(CC)CC)(OCC)CC1. The minimum absolute atomic E-state index is 0.140. The fraction of sp³-hybridized carbons (Fsp3) is 0.857. The highest BCUT2D eigenvalue weighted by molar-refractivity contribution is 6.66. The second kappa shape index (κ2) is 8.00. The summed E-state index contributed by atoms with van der Waals surface area (Å²) in [4.78, 5) is 0. The van der Waals surface area contributed by atoms with Crippen LogP contribution in [0.4, 0.5) is 4.11 Å². The quantitative estimate of drug-likeness (QED) is 0.478. The van der Waals surface area contributed by atoms with Crippen molar-refractivity contribution in [3.63, 3.8) is 0 Å². The van der Waals surface area contributed by atoms with Crippen molar-refractivity contribution in [2.45, 2.75) is 58.4 Å². The third kappa shape index (κ3) is 4.75. The van der Waals surface area contributed by atoms with Crippen LogP contribution in [0.5, 0.6) is 0 Å². The van der Waals surface area contributed by atoms with E-state index in [9.17, 15) is 4.11 Å². The summed E-state index contributed by atoms with van der Waals surface area (Å²) in [6, 6.07) is 0.900.